The number of esters is 3. The third kappa shape index (κ3) is 23.2. The topological polar surface area (TPSA) is 306 Å². The molecule has 0 unspecified atom stereocenters. The van der Waals surface area contributed by atoms with Crippen molar-refractivity contribution < 1.29 is 136 Å². The number of hydrogen-bond acceptors (Lipinski definition) is 23. The molecule has 4 aliphatic heterocycles. The molecular formula is C104H96F18N14O14. The molecule has 3 amide bonds. The average molecular weight is 2110 g/mol. The van der Waals surface area contributed by atoms with Crippen LogP contribution in [0.3, 0.4) is 0 Å². The van der Waals surface area contributed by atoms with Crippen LogP contribution in [0.25, 0.3) is 77.1 Å². The molecule has 0 spiro atoms. The zero-order valence-electron chi connectivity index (χ0n) is 80.3. The van der Waals surface area contributed by atoms with Crippen LogP contribution in [-0.2, 0) is 82.3 Å². The number of benzene rings is 7. The summed E-state index contributed by atoms with van der Waals surface area (Å²) in [5, 5.41) is 9.08. The summed E-state index contributed by atoms with van der Waals surface area (Å²) in [5.41, 5.74) is 0.0233. The maximum Gasteiger partial charge on any atom is 0.420 e. The van der Waals surface area contributed by atoms with Crippen LogP contribution in [0.2, 0.25) is 0 Å². The van der Waals surface area contributed by atoms with Crippen LogP contribution in [-0.4, -0.2) is 227 Å². The van der Waals surface area contributed by atoms with Gasteiger partial charge < -0.3 is 78.0 Å². The van der Waals surface area contributed by atoms with Gasteiger partial charge in [-0.2, -0.15) is 52.7 Å². The Morgan fingerprint density at radius 2 is 0.800 bits per heavy atom. The van der Waals surface area contributed by atoms with E-state index in [-0.39, 0.29) is 99.4 Å². The molecule has 17 rings (SSSR count). The van der Waals surface area contributed by atoms with E-state index in [0.29, 0.717) is 97.1 Å². The number of pyridine rings is 6. The minimum atomic E-state index is -4.80. The predicted molar refractivity (Wildman–Crippen MR) is 519 cm³/mol. The highest BCUT2D eigenvalue weighted by molar-refractivity contribution is 6.04. The van der Waals surface area contributed by atoms with Gasteiger partial charge >= 0.3 is 42.6 Å². The Balaban J connectivity index is 0.000000177. The van der Waals surface area contributed by atoms with Gasteiger partial charge in [0.2, 0.25) is 0 Å². The number of nitrogens with one attached hydrogen (secondary N) is 3. The highest BCUT2D eigenvalue weighted by Gasteiger charge is 2.50. The summed E-state index contributed by atoms with van der Waals surface area (Å²) in [6.07, 6.45) is -13.1. The fraction of sp³-hybridized carbons (Fsp3) is 0.327. The van der Waals surface area contributed by atoms with Gasteiger partial charge in [0, 0.05) is 166 Å². The molecule has 0 radical (unpaired) electrons. The number of ether oxygens (including phenoxy) is 6. The number of carbonyl (C=O) groups excluding carboxylic acids is 6. The van der Waals surface area contributed by atoms with Gasteiger partial charge in [-0.05, 0) is 114 Å². The number of anilines is 5. The zero-order valence-corrected chi connectivity index (χ0v) is 80.3. The summed E-state index contributed by atoms with van der Waals surface area (Å²) in [6, 6.07) is 24.5. The lowest BCUT2D eigenvalue weighted by Gasteiger charge is -2.38. The van der Waals surface area contributed by atoms with Gasteiger partial charge in [-0.25, -0.2) is 40.7 Å². The highest BCUT2D eigenvalue weighted by atomic mass is 19.4. The van der Waals surface area contributed by atoms with E-state index in [9.17, 15) is 91.0 Å². The molecular weight excluding hydrogens is 2010 g/mol. The molecule has 10 heterocycles. The molecule has 150 heavy (non-hydrogen) atoms. The van der Waals surface area contributed by atoms with E-state index in [2.05, 4.69) is 40.8 Å². The van der Waals surface area contributed by atoms with Crippen molar-refractivity contribution in [1.29, 1.82) is 0 Å². The fourth-order valence-electron chi connectivity index (χ4n) is 18.4. The van der Waals surface area contributed by atoms with Gasteiger partial charge in [-0.1, -0.05) is 80.2 Å². The van der Waals surface area contributed by atoms with Crippen LogP contribution in [0.5, 0.6) is 0 Å². The van der Waals surface area contributed by atoms with Crippen LogP contribution < -0.4 is 51.6 Å². The van der Waals surface area contributed by atoms with E-state index in [4.69, 9.17) is 28.4 Å². The highest BCUT2D eigenvalue weighted by Crippen LogP contribution is 2.46. The number of morpholine rings is 3. The summed E-state index contributed by atoms with van der Waals surface area (Å²) in [4.78, 5) is 128. The van der Waals surface area contributed by atoms with Crippen LogP contribution in [0.1, 0.15) is 72.9 Å². The fourth-order valence-corrected chi connectivity index (χ4v) is 18.4. The number of carbonyl (C=O) groups is 6. The summed E-state index contributed by atoms with van der Waals surface area (Å²) in [6.45, 7) is 0.0501. The molecule has 7 aromatic carbocycles. The number of rotatable bonds is 23. The summed E-state index contributed by atoms with van der Waals surface area (Å²) >= 11 is 0. The number of aryl methyl sites for hydroxylation is 2. The molecule has 4 saturated heterocycles. The monoisotopic (exact) mass is 2110 g/mol. The van der Waals surface area contributed by atoms with E-state index in [1.807, 2.05) is 37.3 Å². The molecule has 792 valence electrons. The maximum atomic E-state index is 15.3. The molecule has 6 aromatic heterocycles. The van der Waals surface area contributed by atoms with Crippen molar-refractivity contribution >= 4 is 108 Å². The van der Waals surface area contributed by atoms with Crippen molar-refractivity contribution in [2.24, 2.45) is 14.1 Å². The Kier molecular flexibility index (Phi) is 33.3. The van der Waals surface area contributed by atoms with Crippen molar-refractivity contribution in [1.82, 2.24) is 45.0 Å². The first-order valence-corrected chi connectivity index (χ1v) is 46.0. The molecule has 46 heteroatoms. The van der Waals surface area contributed by atoms with Gasteiger partial charge in [0.05, 0.1) is 106 Å². The molecule has 4 fully saturated rings. The van der Waals surface area contributed by atoms with Gasteiger partial charge in [0.1, 0.15) is 93.4 Å². The number of hydrogen-bond donors (Lipinski definition) is 3. The predicted octanol–water partition coefficient (Wildman–Crippen LogP) is 16.6. The number of methoxy groups -OCH3 is 3. The van der Waals surface area contributed by atoms with E-state index >= 15 is 26.3 Å². The number of nitrogens with zero attached hydrogens (tertiary/aromatic N) is 11. The Morgan fingerprint density at radius 3 is 1.16 bits per heavy atom. The SMILES string of the molecule is C.COC(=O)[C@H](Cc1ccc(-c2c(N3CCC3)cc(C)n(C)c2=O)c2ncccc12)NC(=O)c1c(F)cc(N2CCOC[C@@H]2C(F)(F)F)cc1F.COC(=O)[C@H](Cc1ccc(-c2cc3ccccc3n(C)c2=O)c2ncccc12)NC(=O)c1c(F)cc(N2CCOC[C@@H]2C(F)(F)F)cc1F.COC(=O)[C@H](Cc1ccc(-c2nccc(N(C)C)c2C(F)(F)F)c2ncccc12)NC(=O)c1c(F)cc(N2CCOC[C@@H]2C(F)(F)F)cc1F. The van der Waals surface area contributed by atoms with Crippen molar-refractivity contribution in [2.45, 2.75) is 101 Å². The molecule has 0 bridgehead atoms. The molecule has 28 nitrogen and oxygen atoms in total. The van der Waals surface area contributed by atoms with Crippen molar-refractivity contribution in [3.8, 4) is 33.5 Å². The molecule has 13 aromatic rings. The number of alkyl halides is 12. The van der Waals surface area contributed by atoms with Crippen LogP contribution in [0, 0.1) is 41.8 Å². The van der Waals surface area contributed by atoms with Crippen LogP contribution in [0.15, 0.2) is 186 Å². The number of fused-ring (bicyclic) bond motifs is 4. The third-order valence-electron chi connectivity index (χ3n) is 26.0. The first-order valence-electron chi connectivity index (χ1n) is 46.0. The number of para-hydroxylation sites is 1. The normalized spacial score (nSPS) is 16.1. The van der Waals surface area contributed by atoms with Crippen LogP contribution >= 0.6 is 0 Å². The quantitative estimate of drug-likeness (QED) is 0.0304. The lowest BCUT2D eigenvalue weighted by atomic mass is 9.94. The molecule has 4 aliphatic rings. The van der Waals surface area contributed by atoms with E-state index in [1.165, 1.54) is 66.3 Å². The molecule has 3 N–H and O–H groups in total. The summed E-state index contributed by atoms with van der Waals surface area (Å²) in [7, 11) is 9.43. The summed E-state index contributed by atoms with van der Waals surface area (Å²) in [5.74, 6) is -15.5. The zero-order chi connectivity index (χ0) is 107. The third-order valence-corrected chi connectivity index (χ3v) is 26.0. The van der Waals surface area contributed by atoms with Crippen molar-refractivity contribution in [3.63, 3.8) is 0 Å². The minimum Gasteiger partial charge on any atom is -0.467 e. The second kappa shape index (κ2) is 45.3. The largest absolute Gasteiger partial charge is 0.467 e. The lowest BCUT2D eigenvalue weighted by molar-refractivity contribution is -0.167. The van der Waals surface area contributed by atoms with E-state index < -0.39 is 196 Å². The van der Waals surface area contributed by atoms with Gasteiger partial charge in [0.15, 0.2) is 0 Å². The maximum absolute atomic E-state index is 15.3. The van der Waals surface area contributed by atoms with Gasteiger partial charge in [-0.3, -0.25) is 43.9 Å². The van der Waals surface area contributed by atoms with Crippen molar-refractivity contribution in [3.05, 3.63) is 277 Å². The standard InChI is InChI=1S/C35H34F5N5O5.C35H29F5N4O5.C33H29F8N5O4.CH4/c1-19-14-27(44-10-5-11-44)29(33(47)43(19)2)23-8-7-20(22-6-4-9-41-31(22)23)15-26(34(48)49-3)42-32(46)30-24(36)16-21(17-25(30)37)45-12-13-50-18-28(45)35(38,39)40;1-43-28-8-4-3-6-20(28)14-24(33(43)46)23-10-9-19(22-7-5-11-41-31(22)23)15-27(34(47)48-2)42-32(45)30-25(36)16-21(17-26(30)37)44-12-13-49-18-29(44)35(38,39)40;1-45(2)24-8-10-43-29(27(24)33(39,40)41)20-7-6-17(19-5-4-9-42-28(19)20)13-23(31(48)49-3)44-30(47)26-21(34)14-18(15-22(26)35)46-11-12-50-16-25(46)32(36,37)38;/h4,6-9,14,16-17,26,28H,5,10-13,15,18H2,1-3H3,(H,42,46);3-11,14,16-17,27,29H,12-13,15,18H2,1-2H3,(H,42,45);4-10,14-15,23,25H,11-13,16H2,1-3H3,(H,44,47);1H4/t26-,28+;27-,29+;23-,25+;/m000./s1. The molecule has 6 atom stereocenters. The minimum absolute atomic E-state index is 0. The first kappa shape index (κ1) is 110. The van der Waals surface area contributed by atoms with Crippen molar-refractivity contribution in [2.75, 3.05) is 132 Å². The molecule has 0 aliphatic carbocycles. The average Bonchev–Trinajstić information content (AvgIpc) is 0.739. The lowest BCUT2D eigenvalue weighted by Crippen LogP contribution is -2.53. The number of aromatic nitrogens is 6. The second-order valence-corrected chi connectivity index (χ2v) is 35.3. The van der Waals surface area contributed by atoms with E-state index in [1.54, 1.807) is 85.7 Å². The smallest absolute Gasteiger partial charge is 0.420 e. The Bertz CT molecular complexity index is 7400. The van der Waals surface area contributed by atoms with Gasteiger partial charge in [0.25, 0.3) is 28.8 Å². The van der Waals surface area contributed by atoms with Gasteiger partial charge in [-0.15, -0.1) is 0 Å². The summed E-state index contributed by atoms with van der Waals surface area (Å²) < 4.78 is 289. The number of halogens is 18. The molecule has 0 saturated carbocycles. The van der Waals surface area contributed by atoms with Crippen LogP contribution in [0.4, 0.5) is 107 Å². The second-order valence-electron chi connectivity index (χ2n) is 35.3. The Labute approximate surface area is 842 Å². The first-order chi connectivity index (χ1) is 70.7. The Morgan fingerprint density at radius 1 is 0.433 bits per heavy atom. The van der Waals surface area contributed by atoms with E-state index in [0.717, 1.165) is 77.8 Å². The number of amides is 3. The Hall–Kier alpha value is -15.5.